The van der Waals surface area contributed by atoms with Crippen molar-refractivity contribution in [2.24, 2.45) is 0 Å². The van der Waals surface area contributed by atoms with Crippen LogP contribution >= 0.6 is 11.8 Å². The molecule has 0 aliphatic rings. The van der Waals surface area contributed by atoms with Crippen molar-refractivity contribution in [3.05, 3.63) is 12.7 Å². The molecule has 4 nitrogen and oxygen atoms in total. The van der Waals surface area contributed by atoms with Gasteiger partial charge in [0.1, 0.15) is 6.04 Å². The van der Waals surface area contributed by atoms with E-state index in [1.165, 1.54) is 0 Å². The van der Waals surface area contributed by atoms with Gasteiger partial charge in [0.15, 0.2) is 0 Å². The molecule has 92 valence electrons. The molecule has 0 rings (SSSR count). The molecule has 0 heterocycles. The fourth-order valence-corrected chi connectivity index (χ4v) is 1.62. The summed E-state index contributed by atoms with van der Waals surface area (Å²) in [4.78, 5) is 22.2. The third-order valence-electron chi connectivity index (χ3n) is 2.05. The summed E-state index contributed by atoms with van der Waals surface area (Å²) in [5.74, 6) is -0.261. The van der Waals surface area contributed by atoms with Crippen LogP contribution in [0.15, 0.2) is 12.7 Å². The smallest absolute Gasteiger partial charge is 0.326 e. The van der Waals surface area contributed by atoms with E-state index in [1.54, 1.807) is 17.8 Å². The number of carboxylic acid groups (broad SMARTS) is 1. The highest BCUT2D eigenvalue weighted by Crippen LogP contribution is 2.02. The quantitative estimate of drug-likeness (QED) is 0.479. The Morgan fingerprint density at radius 3 is 2.75 bits per heavy atom. The summed E-state index contributed by atoms with van der Waals surface area (Å²) in [6.07, 6.45) is 5.77. The van der Waals surface area contributed by atoms with E-state index in [2.05, 4.69) is 11.9 Å². The van der Waals surface area contributed by atoms with Crippen LogP contribution in [0.3, 0.4) is 0 Å². The minimum absolute atomic E-state index is 0.189. The molecule has 16 heavy (non-hydrogen) atoms. The topological polar surface area (TPSA) is 66.4 Å². The first kappa shape index (κ1) is 15.0. The van der Waals surface area contributed by atoms with Gasteiger partial charge in [-0.15, -0.1) is 6.58 Å². The van der Waals surface area contributed by atoms with Crippen LogP contribution in [0.1, 0.15) is 25.7 Å². The number of carbonyl (C=O) groups excluding carboxylic acids is 1. The van der Waals surface area contributed by atoms with Gasteiger partial charge in [0, 0.05) is 6.42 Å². The van der Waals surface area contributed by atoms with Gasteiger partial charge in [0.2, 0.25) is 5.91 Å². The predicted octanol–water partition coefficient (Wildman–Crippen LogP) is 1.67. The lowest BCUT2D eigenvalue weighted by atomic mass is 10.1. The number of allylic oxidation sites excluding steroid dienone is 1. The van der Waals surface area contributed by atoms with Gasteiger partial charge >= 0.3 is 5.97 Å². The lowest BCUT2D eigenvalue weighted by molar-refractivity contribution is -0.142. The van der Waals surface area contributed by atoms with Gasteiger partial charge in [-0.05, 0) is 31.3 Å². The van der Waals surface area contributed by atoms with E-state index in [0.717, 1.165) is 12.2 Å². The lowest BCUT2D eigenvalue weighted by Gasteiger charge is -2.13. The van der Waals surface area contributed by atoms with Gasteiger partial charge in [-0.25, -0.2) is 4.79 Å². The van der Waals surface area contributed by atoms with Crippen molar-refractivity contribution in [2.75, 3.05) is 12.0 Å². The zero-order valence-corrected chi connectivity index (χ0v) is 10.4. The van der Waals surface area contributed by atoms with Crippen molar-refractivity contribution < 1.29 is 14.7 Å². The Morgan fingerprint density at radius 1 is 1.56 bits per heavy atom. The molecule has 0 aliphatic carbocycles. The number of carboxylic acids is 1. The van der Waals surface area contributed by atoms with Crippen molar-refractivity contribution in [1.29, 1.82) is 0 Å². The molecule has 0 radical (unpaired) electrons. The first-order valence-electron chi connectivity index (χ1n) is 5.23. The summed E-state index contributed by atoms with van der Waals surface area (Å²) in [5, 5.41) is 11.4. The molecule has 0 aliphatic heterocycles. The fraction of sp³-hybridized carbons (Fsp3) is 0.636. The second-order valence-corrected chi connectivity index (χ2v) is 4.41. The van der Waals surface area contributed by atoms with Crippen molar-refractivity contribution in [1.82, 2.24) is 5.32 Å². The van der Waals surface area contributed by atoms with E-state index in [4.69, 9.17) is 5.11 Å². The van der Waals surface area contributed by atoms with Crippen LogP contribution < -0.4 is 5.32 Å². The van der Waals surface area contributed by atoms with Gasteiger partial charge in [-0.3, -0.25) is 4.79 Å². The highest BCUT2D eigenvalue weighted by molar-refractivity contribution is 7.98. The summed E-state index contributed by atoms with van der Waals surface area (Å²) in [7, 11) is 0. The number of nitrogens with one attached hydrogen (secondary N) is 1. The van der Waals surface area contributed by atoms with Crippen LogP contribution in [-0.4, -0.2) is 35.0 Å². The molecule has 0 saturated heterocycles. The molecule has 1 atom stereocenters. The predicted molar refractivity (Wildman–Crippen MR) is 66.6 cm³/mol. The average molecular weight is 245 g/mol. The Labute approximate surface area is 100 Å². The third-order valence-corrected chi connectivity index (χ3v) is 2.74. The molecule has 5 heteroatoms. The Hall–Kier alpha value is -0.970. The Bertz CT molecular complexity index is 243. The maximum absolute atomic E-state index is 11.4. The van der Waals surface area contributed by atoms with Crippen molar-refractivity contribution >= 4 is 23.6 Å². The zero-order chi connectivity index (χ0) is 12.4. The monoisotopic (exact) mass is 245 g/mol. The van der Waals surface area contributed by atoms with Crippen LogP contribution in [0.5, 0.6) is 0 Å². The Morgan fingerprint density at radius 2 is 2.25 bits per heavy atom. The second kappa shape index (κ2) is 9.27. The highest BCUT2D eigenvalue weighted by atomic mass is 32.2. The van der Waals surface area contributed by atoms with E-state index in [1.807, 2.05) is 6.26 Å². The molecular weight excluding hydrogens is 226 g/mol. The first-order valence-corrected chi connectivity index (χ1v) is 6.63. The SMILES string of the molecule is C=CCCC(NC(=O)CCCSC)C(=O)O. The molecule has 0 saturated carbocycles. The molecule has 1 unspecified atom stereocenters. The van der Waals surface area contributed by atoms with Crippen LogP contribution in [-0.2, 0) is 9.59 Å². The minimum atomic E-state index is -0.986. The molecule has 1 amide bonds. The van der Waals surface area contributed by atoms with Gasteiger partial charge in [-0.1, -0.05) is 6.08 Å². The molecule has 0 bridgehead atoms. The van der Waals surface area contributed by atoms with Crippen LogP contribution in [0.25, 0.3) is 0 Å². The van der Waals surface area contributed by atoms with E-state index >= 15 is 0 Å². The summed E-state index contributed by atoms with van der Waals surface area (Å²) < 4.78 is 0. The lowest BCUT2D eigenvalue weighted by Crippen LogP contribution is -2.40. The number of thioether (sulfide) groups is 1. The molecule has 0 aromatic carbocycles. The molecule has 0 spiro atoms. The molecule has 0 aromatic rings. The largest absolute Gasteiger partial charge is 0.480 e. The molecular formula is C11H19NO3S. The van der Waals surface area contributed by atoms with E-state index < -0.39 is 12.0 Å². The molecule has 0 fully saturated rings. The minimum Gasteiger partial charge on any atom is -0.480 e. The first-order chi connectivity index (χ1) is 7.61. The molecule has 0 aromatic heterocycles. The highest BCUT2D eigenvalue weighted by Gasteiger charge is 2.18. The molecule has 2 N–H and O–H groups in total. The summed E-state index contributed by atoms with van der Waals surface area (Å²) in [6, 6.07) is -0.792. The number of rotatable bonds is 9. The second-order valence-electron chi connectivity index (χ2n) is 3.42. The third kappa shape index (κ3) is 7.34. The maximum atomic E-state index is 11.4. The van der Waals surface area contributed by atoms with Crippen molar-refractivity contribution in [2.45, 2.75) is 31.7 Å². The van der Waals surface area contributed by atoms with Gasteiger partial charge in [0.25, 0.3) is 0 Å². The summed E-state index contributed by atoms with van der Waals surface area (Å²) >= 11 is 1.67. The summed E-state index contributed by atoms with van der Waals surface area (Å²) in [6.45, 7) is 3.52. The van der Waals surface area contributed by atoms with Crippen LogP contribution in [0.2, 0.25) is 0 Å². The Kier molecular flexibility index (Phi) is 8.71. The van der Waals surface area contributed by atoms with E-state index in [-0.39, 0.29) is 5.91 Å². The zero-order valence-electron chi connectivity index (χ0n) is 9.57. The number of hydrogen-bond donors (Lipinski definition) is 2. The number of amides is 1. The number of carbonyl (C=O) groups is 2. The van der Waals surface area contributed by atoms with E-state index in [0.29, 0.717) is 19.3 Å². The van der Waals surface area contributed by atoms with Gasteiger partial charge < -0.3 is 10.4 Å². The number of aliphatic carboxylic acids is 1. The average Bonchev–Trinajstić information content (AvgIpc) is 2.24. The van der Waals surface area contributed by atoms with Crippen molar-refractivity contribution in [3.8, 4) is 0 Å². The van der Waals surface area contributed by atoms with Gasteiger partial charge in [0.05, 0.1) is 0 Å². The van der Waals surface area contributed by atoms with E-state index in [9.17, 15) is 9.59 Å². The van der Waals surface area contributed by atoms with Gasteiger partial charge in [-0.2, -0.15) is 11.8 Å². The summed E-state index contributed by atoms with van der Waals surface area (Å²) in [5.41, 5.74) is 0. The standard InChI is InChI=1S/C11H19NO3S/c1-3-4-6-9(11(14)15)12-10(13)7-5-8-16-2/h3,9H,1,4-8H2,2H3,(H,12,13)(H,14,15). The van der Waals surface area contributed by atoms with Crippen LogP contribution in [0.4, 0.5) is 0 Å². The fourth-order valence-electron chi connectivity index (χ4n) is 1.19. The Balaban J connectivity index is 3.93. The maximum Gasteiger partial charge on any atom is 0.326 e. The normalized spacial score (nSPS) is 11.8. The van der Waals surface area contributed by atoms with Crippen LogP contribution in [0, 0.1) is 0 Å². The van der Waals surface area contributed by atoms with Crippen molar-refractivity contribution in [3.63, 3.8) is 0 Å². The number of hydrogen-bond acceptors (Lipinski definition) is 3.